The molecule has 0 amide bonds. The van der Waals surface area contributed by atoms with Crippen LogP contribution in [0, 0.1) is 27.7 Å². The van der Waals surface area contributed by atoms with E-state index in [2.05, 4.69) is 100 Å². The Morgan fingerprint density at radius 1 is 0.541 bits per heavy atom. The quantitative estimate of drug-likeness (QED) is 0.139. The third-order valence-corrected chi connectivity index (χ3v) is 5.21. The maximum atomic E-state index is 3.72. The average Bonchev–Trinajstić information content (AvgIpc) is 3.47. The first-order valence-electron chi connectivity index (χ1n) is 12.4. The van der Waals surface area contributed by atoms with E-state index < -0.39 is 0 Å². The fourth-order valence-electron chi connectivity index (χ4n) is 3.57. The summed E-state index contributed by atoms with van der Waals surface area (Å²) in [5.74, 6) is 0. The van der Waals surface area contributed by atoms with Crippen LogP contribution in [0.25, 0.3) is 21.5 Å². The Hall–Kier alpha value is -3.58. The van der Waals surface area contributed by atoms with Crippen molar-refractivity contribution >= 4 is 25.9 Å². The normalized spacial score (nSPS) is 9.24. The summed E-state index contributed by atoms with van der Waals surface area (Å²) < 4.78 is 2.00. The molecule has 37 heavy (non-hydrogen) atoms. The summed E-state index contributed by atoms with van der Waals surface area (Å²) in [6.07, 6.45) is 0. The van der Waals surface area contributed by atoms with E-state index in [1.54, 1.807) is 0 Å². The van der Waals surface area contributed by atoms with Crippen LogP contribution in [-0.4, -0.2) is 4.31 Å². The number of rotatable bonds is 0. The standard InChI is InChI=1S/2C10H9.2C7H7.C2H4.Ti/c2*1-8-6-9-4-2-3-5-10(9)7-8;2*1-7-5-3-2-4-6-7;1-2;/h2*2-7H,1H3;2*2-6H,1H2;1H,2H3;/q4*-1;;. The van der Waals surface area contributed by atoms with Gasteiger partial charge in [0.25, 0.3) is 0 Å². The van der Waals surface area contributed by atoms with Crippen LogP contribution in [0.1, 0.15) is 29.2 Å². The molecule has 6 rings (SSSR count). The number of benzene rings is 4. The van der Waals surface area contributed by atoms with Crippen LogP contribution in [-0.2, 0) is 20.0 Å². The molecule has 0 saturated heterocycles. The van der Waals surface area contributed by atoms with Gasteiger partial charge in [0.05, 0.1) is 0 Å². The predicted octanol–water partition coefficient (Wildman–Crippen LogP) is 9.83. The summed E-state index contributed by atoms with van der Waals surface area (Å²) in [5, 5.41) is 5.39. The van der Waals surface area contributed by atoms with E-state index in [4.69, 9.17) is 0 Å². The van der Waals surface area contributed by atoms with Gasteiger partial charge in [-0.15, -0.1) is 105 Å². The van der Waals surface area contributed by atoms with E-state index in [-0.39, 0.29) is 0 Å². The van der Waals surface area contributed by atoms with E-state index in [0.29, 0.717) is 0 Å². The fourth-order valence-corrected chi connectivity index (χ4v) is 3.57. The zero-order chi connectivity index (χ0) is 26.9. The van der Waals surface area contributed by atoms with Gasteiger partial charge in [0, 0.05) is 0 Å². The van der Waals surface area contributed by atoms with Crippen LogP contribution < -0.4 is 0 Å². The molecule has 0 aliphatic carbocycles. The topological polar surface area (TPSA) is 0 Å². The third kappa shape index (κ3) is 11.8. The molecule has 0 aliphatic rings. The van der Waals surface area contributed by atoms with Crippen molar-refractivity contribution in [3.05, 3.63) is 170 Å². The van der Waals surface area contributed by atoms with Crippen molar-refractivity contribution in [2.75, 3.05) is 0 Å². The Kier molecular flexibility index (Phi) is 13.6. The van der Waals surface area contributed by atoms with Gasteiger partial charge in [-0.3, -0.25) is 0 Å². The zero-order valence-corrected chi connectivity index (χ0v) is 23.8. The fraction of sp³-hybridized carbons (Fsp3) is 0.0833. The van der Waals surface area contributed by atoms with Gasteiger partial charge in [0.15, 0.2) is 0 Å². The van der Waals surface area contributed by atoms with Crippen LogP contribution in [0.2, 0.25) is 0 Å². The Bertz CT molecular complexity index is 1240. The monoisotopic (exact) mass is 516 g/mol. The molecular weight excluding hydrogens is 480 g/mol. The SMILES string of the molecule is C[CH]=[Ti].Cc1cc2ccccc2[cH-]1.Cc1cc2ccccc2[cH-]1.[CH2-]c1ccccc1.[CH2-]c1ccccc1. The Balaban J connectivity index is 0.000000170. The number of hydrogen-bond acceptors (Lipinski definition) is 0. The molecule has 0 spiro atoms. The van der Waals surface area contributed by atoms with Crippen LogP contribution in [0.5, 0.6) is 0 Å². The van der Waals surface area contributed by atoms with E-state index in [1.165, 1.54) is 32.7 Å². The van der Waals surface area contributed by atoms with Gasteiger partial charge in [0.1, 0.15) is 0 Å². The Morgan fingerprint density at radius 2 is 0.838 bits per heavy atom. The van der Waals surface area contributed by atoms with Gasteiger partial charge >= 0.3 is 31.2 Å². The average molecular weight is 517 g/mol. The maximum absolute atomic E-state index is 3.72. The Labute approximate surface area is 235 Å². The zero-order valence-electron chi connectivity index (χ0n) is 22.2. The number of fused-ring (bicyclic) bond motifs is 2. The summed E-state index contributed by atoms with van der Waals surface area (Å²) in [5.41, 5.74) is 4.84. The van der Waals surface area contributed by atoms with Crippen molar-refractivity contribution in [2.24, 2.45) is 0 Å². The molecule has 0 bridgehead atoms. The van der Waals surface area contributed by atoms with Crippen molar-refractivity contribution in [3.8, 4) is 0 Å². The smallest absolute Gasteiger partial charge is 0.0579 e. The second kappa shape index (κ2) is 17.0. The van der Waals surface area contributed by atoms with Gasteiger partial charge in [-0.2, -0.15) is 61.4 Å². The first-order chi connectivity index (χ1) is 17.9. The van der Waals surface area contributed by atoms with Crippen LogP contribution >= 0.6 is 0 Å². The van der Waals surface area contributed by atoms with Crippen LogP contribution in [0.4, 0.5) is 0 Å². The second-order valence-electron chi connectivity index (χ2n) is 8.58. The summed E-state index contributed by atoms with van der Waals surface area (Å²) in [4.78, 5) is 0. The summed E-state index contributed by atoms with van der Waals surface area (Å²) in [6.45, 7) is 13.7. The molecule has 0 atom stereocenters. The maximum Gasteiger partial charge on any atom is -0.0579 e. The first-order valence-corrected chi connectivity index (χ1v) is 13.3. The molecule has 0 N–H and O–H groups in total. The molecule has 0 nitrogen and oxygen atoms in total. The number of aryl methyl sites for hydroxylation is 2. The van der Waals surface area contributed by atoms with Crippen molar-refractivity contribution < 1.29 is 20.0 Å². The molecule has 0 heterocycles. The molecular formula is C36H36Ti-4. The predicted molar refractivity (Wildman–Crippen MR) is 162 cm³/mol. The summed E-state index contributed by atoms with van der Waals surface area (Å²) >= 11 is 2.00. The van der Waals surface area contributed by atoms with Crippen molar-refractivity contribution in [1.82, 2.24) is 0 Å². The van der Waals surface area contributed by atoms with Gasteiger partial charge in [-0.25, -0.2) is 0 Å². The third-order valence-electron chi connectivity index (χ3n) is 5.21. The molecule has 6 aromatic rings. The molecule has 0 unspecified atom stereocenters. The van der Waals surface area contributed by atoms with E-state index in [9.17, 15) is 0 Å². The minimum Gasteiger partial charge on any atom is -0.199 e. The van der Waals surface area contributed by atoms with Gasteiger partial charge in [-0.1, -0.05) is 38.1 Å². The van der Waals surface area contributed by atoms with Crippen molar-refractivity contribution in [3.63, 3.8) is 0 Å². The van der Waals surface area contributed by atoms with Crippen molar-refractivity contribution in [2.45, 2.75) is 20.8 Å². The summed E-state index contributed by atoms with van der Waals surface area (Å²) in [7, 11) is 0. The minimum absolute atomic E-state index is 1.07. The Morgan fingerprint density at radius 3 is 1.11 bits per heavy atom. The van der Waals surface area contributed by atoms with Crippen LogP contribution in [0.3, 0.4) is 0 Å². The first kappa shape index (κ1) is 29.7. The molecule has 0 aliphatic heterocycles. The van der Waals surface area contributed by atoms with E-state index >= 15 is 0 Å². The molecule has 1 heteroatoms. The van der Waals surface area contributed by atoms with Gasteiger partial charge in [0.2, 0.25) is 0 Å². The van der Waals surface area contributed by atoms with E-state index in [0.717, 1.165) is 11.1 Å². The largest absolute Gasteiger partial charge is 0.199 e. The second-order valence-corrected chi connectivity index (χ2v) is 9.48. The van der Waals surface area contributed by atoms with Crippen molar-refractivity contribution in [1.29, 1.82) is 0 Å². The van der Waals surface area contributed by atoms with Gasteiger partial charge in [-0.05, 0) is 0 Å². The minimum atomic E-state index is 1.07. The van der Waals surface area contributed by atoms with E-state index in [1.807, 2.05) is 91.9 Å². The molecule has 0 aromatic heterocycles. The van der Waals surface area contributed by atoms with Crippen LogP contribution in [0.15, 0.2) is 133 Å². The molecule has 0 fully saturated rings. The van der Waals surface area contributed by atoms with Gasteiger partial charge < -0.3 is 0 Å². The summed E-state index contributed by atoms with van der Waals surface area (Å²) in [6, 6.07) is 45.4. The number of hydrogen-bond donors (Lipinski definition) is 0. The molecule has 188 valence electrons. The molecule has 0 saturated carbocycles. The molecule has 6 aromatic carbocycles. The molecule has 0 radical (unpaired) electrons.